The van der Waals surface area contributed by atoms with Crippen LogP contribution < -0.4 is 0 Å². The number of rotatable bonds is 3. The number of carbonyl (C=O) groups excluding carboxylic acids is 1. The minimum absolute atomic E-state index is 0.124. The van der Waals surface area contributed by atoms with E-state index in [2.05, 4.69) is 0 Å². The molecule has 1 aromatic heterocycles. The molecule has 0 aliphatic carbocycles. The third-order valence-electron chi connectivity index (χ3n) is 3.42. The highest BCUT2D eigenvalue weighted by atomic mass is 32.1. The zero-order valence-corrected chi connectivity index (χ0v) is 13.3. The highest BCUT2D eigenvalue weighted by Gasteiger charge is 2.30. The van der Waals surface area contributed by atoms with Crippen molar-refractivity contribution in [1.82, 2.24) is 4.90 Å². The summed E-state index contributed by atoms with van der Waals surface area (Å²) in [5.74, 6) is -0.124. The van der Waals surface area contributed by atoms with Gasteiger partial charge < -0.3 is 4.90 Å². The SMILES string of the molecule is Cc1cc(C(=O)N(C)Cc2ccc(C(F)(F)F)cc2)sc1C. The zero-order valence-electron chi connectivity index (χ0n) is 12.5. The summed E-state index contributed by atoms with van der Waals surface area (Å²) in [6.45, 7) is 4.16. The van der Waals surface area contributed by atoms with Gasteiger partial charge in [0.2, 0.25) is 0 Å². The molecule has 0 radical (unpaired) electrons. The first-order valence-electron chi connectivity index (χ1n) is 6.67. The molecule has 6 heteroatoms. The molecule has 0 aliphatic heterocycles. The fraction of sp³-hybridized carbons (Fsp3) is 0.312. The van der Waals surface area contributed by atoms with Gasteiger partial charge in [0, 0.05) is 18.5 Å². The molecule has 1 heterocycles. The van der Waals surface area contributed by atoms with Gasteiger partial charge in [0.05, 0.1) is 10.4 Å². The number of benzene rings is 1. The lowest BCUT2D eigenvalue weighted by Gasteiger charge is -2.17. The summed E-state index contributed by atoms with van der Waals surface area (Å²) in [6, 6.07) is 6.71. The molecule has 0 fully saturated rings. The number of carbonyl (C=O) groups is 1. The molecule has 0 unspecified atom stereocenters. The number of alkyl halides is 3. The van der Waals surface area contributed by atoms with Crippen LogP contribution in [0.15, 0.2) is 30.3 Å². The van der Waals surface area contributed by atoms with E-state index in [1.54, 1.807) is 7.05 Å². The Morgan fingerprint density at radius 3 is 2.23 bits per heavy atom. The minimum atomic E-state index is -4.34. The fourth-order valence-electron chi connectivity index (χ4n) is 2.01. The van der Waals surface area contributed by atoms with Crippen LogP contribution in [-0.4, -0.2) is 17.9 Å². The number of nitrogens with zero attached hydrogens (tertiary/aromatic N) is 1. The minimum Gasteiger partial charge on any atom is -0.337 e. The molecule has 0 saturated heterocycles. The average molecular weight is 327 g/mol. The molecular formula is C16H16F3NOS. The van der Waals surface area contributed by atoms with Crippen LogP contribution in [0.2, 0.25) is 0 Å². The highest BCUT2D eigenvalue weighted by Crippen LogP contribution is 2.29. The normalized spacial score (nSPS) is 11.5. The number of aryl methyl sites for hydroxylation is 2. The molecule has 2 aromatic rings. The first kappa shape index (κ1) is 16.5. The van der Waals surface area contributed by atoms with E-state index in [1.165, 1.54) is 28.4 Å². The second kappa shape index (κ2) is 6.12. The smallest absolute Gasteiger partial charge is 0.337 e. The van der Waals surface area contributed by atoms with Crippen molar-refractivity contribution in [3.8, 4) is 0 Å². The molecule has 118 valence electrons. The van der Waals surface area contributed by atoms with Gasteiger partial charge in [0.25, 0.3) is 5.91 Å². The standard InChI is InChI=1S/C16H16F3NOS/c1-10-8-14(22-11(10)2)15(21)20(3)9-12-4-6-13(7-5-12)16(17,18)19/h4-8H,9H2,1-3H3. The van der Waals surface area contributed by atoms with Gasteiger partial charge in [0.1, 0.15) is 0 Å². The van der Waals surface area contributed by atoms with Gasteiger partial charge in [-0.05, 0) is 43.2 Å². The largest absolute Gasteiger partial charge is 0.416 e. The third kappa shape index (κ3) is 3.68. The van der Waals surface area contributed by atoms with E-state index in [4.69, 9.17) is 0 Å². The Labute approximate surface area is 131 Å². The summed E-state index contributed by atoms with van der Waals surface area (Å²) >= 11 is 1.43. The number of thiophene rings is 1. The predicted molar refractivity (Wildman–Crippen MR) is 81.0 cm³/mol. The maximum Gasteiger partial charge on any atom is 0.416 e. The molecule has 0 aliphatic rings. The number of amides is 1. The lowest BCUT2D eigenvalue weighted by molar-refractivity contribution is -0.137. The Balaban J connectivity index is 2.08. The quantitative estimate of drug-likeness (QED) is 0.803. The molecule has 0 N–H and O–H groups in total. The van der Waals surface area contributed by atoms with Crippen molar-refractivity contribution in [2.24, 2.45) is 0 Å². The molecule has 2 rings (SSSR count). The Hall–Kier alpha value is -1.82. The van der Waals surface area contributed by atoms with Gasteiger partial charge in [-0.3, -0.25) is 4.79 Å². The van der Waals surface area contributed by atoms with Gasteiger partial charge in [0.15, 0.2) is 0 Å². The van der Waals surface area contributed by atoms with Crippen molar-refractivity contribution >= 4 is 17.2 Å². The summed E-state index contributed by atoms with van der Waals surface area (Å²) < 4.78 is 37.5. The zero-order chi connectivity index (χ0) is 16.5. The van der Waals surface area contributed by atoms with Crippen LogP contribution in [-0.2, 0) is 12.7 Å². The fourth-order valence-corrected chi connectivity index (χ4v) is 3.04. The van der Waals surface area contributed by atoms with Crippen molar-refractivity contribution in [3.63, 3.8) is 0 Å². The maximum absolute atomic E-state index is 12.5. The Morgan fingerprint density at radius 2 is 1.77 bits per heavy atom. The van der Waals surface area contributed by atoms with E-state index >= 15 is 0 Å². The maximum atomic E-state index is 12.5. The molecule has 1 aromatic carbocycles. The topological polar surface area (TPSA) is 20.3 Å². The first-order chi connectivity index (χ1) is 10.2. The molecule has 22 heavy (non-hydrogen) atoms. The van der Waals surface area contributed by atoms with E-state index in [1.807, 2.05) is 19.9 Å². The van der Waals surface area contributed by atoms with Gasteiger partial charge in [-0.15, -0.1) is 11.3 Å². The highest BCUT2D eigenvalue weighted by molar-refractivity contribution is 7.14. The van der Waals surface area contributed by atoms with Crippen molar-refractivity contribution in [2.45, 2.75) is 26.6 Å². The molecule has 0 atom stereocenters. The van der Waals surface area contributed by atoms with Crippen molar-refractivity contribution in [1.29, 1.82) is 0 Å². The van der Waals surface area contributed by atoms with E-state index in [9.17, 15) is 18.0 Å². The summed E-state index contributed by atoms with van der Waals surface area (Å²) in [5.41, 5.74) is 1.04. The van der Waals surface area contributed by atoms with E-state index < -0.39 is 11.7 Å². The number of hydrogen-bond donors (Lipinski definition) is 0. The van der Waals surface area contributed by atoms with Crippen LogP contribution in [0.3, 0.4) is 0 Å². The van der Waals surface area contributed by atoms with Gasteiger partial charge in [-0.1, -0.05) is 12.1 Å². The van der Waals surface area contributed by atoms with Crippen LogP contribution in [0, 0.1) is 13.8 Å². The third-order valence-corrected chi connectivity index (χ3v) is 4.57. The summed E-state index contributed by atoms with van der Waals surface area (Å²) in [6.07, 6.45) is -4.34. The van der Waals surface area contributed by atoms with Gasteiger partial charge in [-0.25, -0.2) is 0 Å². The lowest BCUT2D eigenvalue weighted by Crippen LogP contribution is -2.25. The number of halogens is 3. The Morgan fingerprint density at radius 1 is 1.18 bits per heavy atom. The lowest BCUT2D eigenvalue weighted by atomic mass is 10.1. The second-order valence-electron chi connectivity index (χ2n) is 5.21. The van der Waals surface area contributed by atoms with Crippen LogP contribution in [0.1, 0.15) is 31.2 Å². The first-order valence-corrected chi connectivity index (χ1v) is 7.49. The molecule has 2 nitrogen and oxygen atoms in total. The summed E-state index contributed by atoms with van der Waals surface area (Å²) in [7, 11) is 1.64. The molecule has 0 bridgehead atoms. The number of hydrogen-bond acceptors (Lipinski definition) is 2. The summed E-state index contributed by atoms with van der Waals surface area (Å²) in [4.78, 5) is 15.5. The van der Waals surface area contributed by atoms with Crippen LogP contribution in [0.4, 0.5) is 13.2 Å². The van der Waals surface area contributed by atoms with E-state index in [-0.39, 0.29) is 12.5 Å². The van der Waals surface area contributed by atoms with Crippen molar-refractivity contribution < 1.29 is 18.0 Å². The second-order valence-corrected chi connectivity index (χ2v) is 6.46. The van der Waals surface area contributed by atoms with E-state index in [0.717, 1.165) is 22.6 Å². The Kier molecular flexibility index (Phi) is 4.60. The monoisotopic (exact) mass is 327 g/mol. The van der Waals surface area contributed by atoms with Crippen LogP contribution in [0.25, 0.3) is 0 Å². The van der Waals surface area contributed by atoms with Crippen LogP contribution >= 0.6 is 11.3 Å². The molecular weight excluding hydrogens is 311 g/mol. The summed E-state index contributed by atoms with van der Waals surface area (Å²) in [5, 5.41) is 0. The Bertz CT molecular complexity index is 654. The average Bonchev–Trinajstić information content (AvgIpc) is 2.77. The van der Waals surface area contributed by atoms with Crippen molar-refractivity contribution in [3.05, 3.63) is 56.8 Å². The molecule has 1 amide bonds. The van der Waals surface area contributed by atoms with Gasteiger partial charge in [-0.2, -0.15) is 13.2 Å². The molecule has 0 saturated carbocycles. The van der Waals surface area contributed by atoms with Crippen molar-refractivity contribution in [2.75, 3.05) is 7.05 Å². The molecule has 0 spiro atoms. The van der Waals surface area contributed by atoms with Crippen LogP contribution in [0.5, 0.6) is 0 Å². The van der Waals surface area contributed by atoms with E-state index in [0.29, 0.717) is 10.4 Å². The predicted octanol–water partition coefficient (Wildman–Crippen LogP) is 4.66. The van der Waals surface area contributed by atoms with Gasteiger partial charge >= 0.3 is 6.18 Å².